The summed E-state index contributed by atoms with van der Waals surface area (Å²) in [4.78, 5) is 32.6. The van der Waals surface area contributed by atoms with E-state index < -0.39 is 11.9 Å². The zero-order chi connectivity index (χ0) is 23.4. The van der Waals surface area contributed by atoms with Crippen LogP contribution in [0.15, 0.2) is 60.7 Å². The maximum absolute atomic E-state index is 11.4. The van der Waals surface area contributed by atoms with Gasteiger partial charge in [0.1, 0.15) is 0 Å². The van der Waals surface area contributed by atoms with Crippen molar-refractivity contribution in [3.63, 3.8) is 0 Å². The average molecular weight is 448 g/mol. The molecule has 8 heteroatoms. The summed E-state index contributed by atoms with van der Waals surface area (Å²) < 4.78 is 5.51. The number of hydrogen-bond donors (Lipinski definition) is 2. The summed E-state index contributed by atoms with van der Waals surface area (Å²) >= 11 is 6.25. The molecule has 0 saturated heterocycles. The molecule has 0 saturated carbocycles. The van der Waals surface area contributed by atoms with E-state index in [1.54, 1.807) is 0 Å². The van der Waals surface area contributed by atoms with Crippen LogP contribution in [0, 0.1) is 0 Å². The summed E-state index contributed by atoms with van der Waals surface area (Å²) in [5, 5.41) is 16.3. The summed E-state index contributed by atoms with van der Waals surface area (Å²) in [6, 6.07) is 15.7. The standard InChI is InChI=1S/C19H22ClNO2.C4H4O4/c1-4-21(5-2)19(23-14(3)22)16-12-10-15(11-13-16)17-8-6-7-9-18(17)20;5-3(6)1-2-4(7)8/h6-13,19H,4-5H2,1-3H3;1-2H,(H,5,6)(H,7,8)/b;2-1-. The predicted octanol–water partition coefficient (Wildman–Crippen LogP) is 4.62. The maximum atomic E-state index is 11.4. The lowest BCUT2D eigenvalue weighted by atomic mass is 10.0. The van der Waals surface area contributed by atoms with E-state index in [0.717, 1.165) is 34.8 Å². The highest BCUT2D eigenvalue weighted by molar-refractivity contribution is 6.33. The van der Waals surface area contributed by atoms with Crippen molar-refractivity contribution < 1.29 is 29.3 Å². The number of esters is 1. The van der Waals surface area contributed by atoms with Crippen molar-refractivity contribution in [3.8, 4) is 11.1 Å². The van der Waals surface area contributed by atoms with E-state index in [0.29, 0.717) is 12.2 Å². The van der Waals surface area contributed by atoms with Crippen LogP contribution in [0.1, 0.15) is 32.6 Å². The lowest BCUT2D eigenvalue weighted by Crippen LogP contribution is -2.31. The van der Waals surface area contributed by atoms with Gasteiger partial charge >= 0.3 is 17.9 Å². The first kappa shape index (κ1) is 25.9. The van der Waals surface area contributed by atoms with Crippen LogP contribution < -0.4 is 0 Å². The van der Waals surface area contributed by atoms with Gasteiger partial charge in [0, 0.05) is 35.2 Å². The summed E-state index contributed by atoms with van der Waals surface area (Å²) in [5.41, 5.74) is 2.99. The van der Waals surface area contributed by atoms with Crippen LogP contribution >= 0.6 is 11.6 Å². The average Bonchev–Trinajstić information content (AvgIpc) is 2.73. The zero-order valence-electron chi connectivity index (χ0n) is 17.6. The second-order valence-electron chi connectivity index (χ2n) is 6.29. The van der Waals surface area contributed by atoms with E-state index in [-0.39, 0.29) is 12.2 Å². The molecule has 0 aliphatic heterocycles. The summed E-state index contributed by atoms with van der Waals surface area (Å²) in [7, 11) is 0. The van der Waals surface area contributed by atoms with Crippen LogP contribution in [0.4, 0.5) is 0 Å². The van der Waals surface area contributed by atoms with Crippen LogP contribution in [0.5, 0.6) is 0 Å². The predicted molar refractivity (Wildman–Crippen MR) is 119 cm³/mol. The lowest BCUT2D eigenvalue weighted by Gasteiger charge is -2.29. The molecule has 0 aliphatic rings. The third-order valence-corrected chi connectivity index (χ3v) is 4.50. The van der Waals surface area contributed by atoms with E-state index >= 15 is 0 Å². The van der Waals surface area contributed by atoms with Crippen molar-refractivity contribution in [2.75, 3.05) is 13.1 Å². The maximum Gasteiger partial charge on any atom is 0.328 e. The number of hydrogen-bond acceptors (Lipinski definition) is 5. The topological polar surface area (TPSA) is 104 Å². The molecule has 0 fully saturated rings. The first-order valence-electron chi connectivity index (χ1n) is 9.59. The van der Waals surface area contributed by atoms with Gasteiger partial charge in [0.05, 0.1) is 0 Å². The molecule has 2 rings (SSSR count). The molecule has 0 amide bonds. The molecular weight excluding hydrogens is 422 g/mol. The van der Waals surface area contributed by atoms with Crippen molar-refractivity contribution in [2.45, 2.75) is 27.0 Å². The summed E-state index contributed by atoms with van der Waals surface area (Å²) in [6.07, 6.45) is 0.757. The van der Waals surface area contributed by atoms with Gasteiger partial charge in [-0.3, -0.25) is 9.69 Å². The van der Waals surface area contributed by atoms with Gasteiger partial charge in [-0.25, -0.2) is 9.59 Å². The molecule has 0 spiro atoms. The fraction of sp³-hybridized carbons (Fsp3) is 0.261. The number of carboxylic acids is 2. The van der Waals surface area contributed by atoms with Crippen LogP contribution in [0.25, 0.3) is 11.1 Å². The van der Waals surface area contributed by atoms with Crippen molar-refractivity contribution in [1.82, 2.24) is 4.90 Å². The van der Waals surface area contributed by atoms with Crippen molar-refractivity contribution in [3.05, 3.63) is 71.3 Å². The summed E-state index contributed by atoms with van der Waals surface area (Å²) in [5.74, 6) is -2.79. The van der Waals surface area contributed by atoms with E-state index in [4.69, 9.17) is 26.6 Å². The Labute approximate surface area is 186 Å². The van der Waals surface area contributed by atoms with Gasteiger partial charge in [-0.15, -0.1) is 0 Å². The van der Waals surface area contributed by atoms with Crippen LogP contribution in [0.2, 0.25) is 5.02 Å². The molecule has 7 nitrogen and oxygen atoms in total. The molecule has 1 unspecified atom stereocenters. The Morgan fingerprint density at radius 3 is 1.90 bits per heavy atom. The molecule has 1 atom stereocenters. The van der Waals surface area contributed by atoms with Gasteiger partial charge in [0.2, 0.25) is 0 Å². The number of benzene rings is 2. The van der Waals surface area contributed by atoms with E-state index in [1.807, 2.05) is 48.5 Å². The minimum absolute atomic E-state index is 0.280. The number of nitrogens with zero attached hydrogens (tertiary/aromatic N) is 1. The molecule has 31 heavy (non-hydrogen) atoms. The summed E-state index contributed by atoms with van der Waals surface area (Å²) in [6.45, 7) is 7.16. The van der Waals surface area contributed by atoms with Gasteiger partial charge in [-0.2, -0.15) is 0 Å². The second kappa shape index (κ2) is 13.2. The minimum atomic E-state index is -1.26. The molecule has 0 bridgehead atoms. The Kier molecular flexibility index (Phi) is 11.0. The SMILES string of the molecule is CCN(CC)C(OC(C)=O)c1ccc(-c2ccccc2Cl)cc1.O=C(O)/C=C\C(=O)O. The zero-order valence-corrected chi connectivity index (χ0v) is 18.4. The molecule has 2 aromatic rings. The monoisotopic (exact) mass is 447 g/mol. The minimum Gasteiger partial charge on any atom is -0.478 e. The van der Waals surface area contributed by atoms with Gasteiger partial charge in [0.25, 0.3) is 0 Å². The largest absolute Gasteiger partial charge is 0.478 e. The van der Waals surface area contributed by atoms with Gasteiger partial charge in [-0.1, -0.05) is 67.9 Å². The van der Waals surface area contributed by atoms with Crippen molar-refractivity contribution in [1.29, 1.82) is 0 Å². The highest BCUT2D eigenvalue weighted by atomic mass is 35.5. The van der Waals surface area contributed by atoms with Crippen LogP contribution in [-0.2, 0) is 19.1 Å². The van der Waals surface area contributed by atoms with Gasteiger partial charge in [-0.05, 0) is 24.7 Å². The van der Waals surface area contributed by atoms with Crippen LogP contribution in [-0.4, -0.2) is 46.1 Å². The number of halogens is 1. The number of rotatable bonds is 8. The van der Waals surface area contributed by atoms with E-state index in [9.17, 15) is 14.4 Å². The van der Waals surface area contributed by atoms with E-state index in [2.05, 4.69) is 18.7 Å². The molecule has 166 valence electrons. The Hall–Kier alpha value is -3.16. The Balaban J connectivity index is 0.000000512. The third kappa shape index (κ3) is 9.02. The number of ether oxygens (including phenoxy) is 1. The highest BCUT2D eigenvalue weighted by Gasteiger charge is 2.20. The fourth-order valence-corrected chi connectivity index (χ4v) is 2.98. The normalized spacial score (nSPS) is 11.5. The molecule has 0 heterocycles. The number of carboxylic acid groups (broad SMARTS) is 2. The third-order valence-electron chi connectivity index (χ3n) is 4.17. The Morgan fingerprint density at radius 1 is 0.968 bits per heavy atom. The molecule has 2 N–H and O–H groups in total. The highest BCUT2D eigenvalue weighted by Crippen LogP contribution is 2.30. The number of aliphatic carboxylic acids is 2. The van der Waals surface area contributed by atoms with Gasteiger partial charge in [0.15, 0.2) is 6.23 Å². The first-order valence-corrected chi connectivity index (χ1v) is 9.97. The molecule has 0 aromatic heterocycles. The molecule has 0 radical (unpaired) electrons. The smallest absolute Gasteiger partial charge is 0.328 e. The molecular formula is C23H26ClNO6. The van der Waals surface area contributed by atoms with Gasteiger partial charge < -0.3 is 14.9 Å². The Morgan fingerprint density at radius 2 is 1.48 bits per heavy atom. The molecule has 2 aromatic carbocycles. The Bertz CT molecular complexity index is 891. The van der Waals surface area contributed by atoms with E-state index in [1.165, 1.54) is 6.92 Å². The first-order chi connectivity index (χ1) is 14.7. The molecule has 0 aliphatic carbocycles. The number of carbonyl (C=O) groups excluding carboxylic acids is 1. The quantitative estimate of drug-likeness (QED) is 0.345. The second-order valence-corrected chi connectivity index (χ2v) is 6.70. The fourth-order valence-electron chi connectivity index (χ4n) is 2.73. The lowest BCUT2D eigenvalue weighted by molar-refractivity contribution is -0.157. The van der Waals surface area contributed by atoms with Crippen molar-refractivity contribution >= 4 is 29.5 Å². The van der Waals surface area contributed by atoms with Crippen LogP contribution in [0.3, 0.4) is 0 Å². The number of carbonyl (C=O) groups is 3. The van der Waals surface area contributed by atoms with Crippen molar-refractivity contribution in [2.24, 2.45) is 0 Å².